The van der Waals surface area contributed by atoms with E-state index in [0.717, 1.165) is 16.8 Å². The summed E-state index contributed by atoms with van der Waals surface area (Å²) in [5, 5.41) is 0. The van der Waals surface area contributed by atoms with Gasteiger partial charge in [-0.05, 0) is 17.5 Å². The number of Topliss-reactive ketones (excluding diaryl/α,β-unsaturated/α-hetero) is 1. The molecule has 0 saturated heterocycles. The van der Waals surface area contributed by atoms with Gasteiger partial charge in [0.25, 0.3) is 0 Å². The summed E-state index contributed by atoms with van der Waals surface area (Å²) in [5.74, 6) is -0.861. The third kappa shape index (κ3) is 9.35. The highest BCUT2D eigenvalue weighted by Gasteiger charge is 2.14. The van der Waals surface area contributed by atoms with Gasteiger partial charge in [0.2, 0.25) is 5.43 Å². The maximum absolute atomic E-state index is 12.4. The molecule has 0 aliphatic heterocycles. The van der Waals surface area contributed by atoms with Crippen LogP contribution >= 0.6 is 0 Å². The second-order valence-corrected chi connectivity index (χ2v) is 8.68. The monoisotopic (exact) mass is 519 g/mol. The van der Waals surface area contributed by atoms with E-state index in [-0.39, 0.29) is 62.5 Å². The first-order valence-corrected chi connectivity index (χ1v) is 12.7. The highest BCUT2D eigenvalue weighted by atomic mass is 16.5. The third-order valence-electron chi connectivity index (χ3n) is 5.85. The molecule has 38 heavy (non-hydrogen) atoms. The maximum Gasteiger partial charge on any atom is 0.306 e. The molecule has 0 fully saturated rings. The molecule has 0 atom stereocenters. The van der Waals surface area contributed by atoms with Gasteiger partial charge >= 0.3 is 11.9 Å². The van der Waals surface area contributed by atoms with Crippen LogP contribution in [0.1, 0.15) is 49.4 Å². The zero-order valence-electron chi connectivity index (χ0n) is 21.6. The van der Waals surface area contributed by atoms with Crippen LogP contribution in [0.25, 0.3) is 0 Å². The van der Waals surface area contributed by atoms with Crippen LogP contribution in [0.5, 0.6) is 5.75 Å². The Balaban J connectivity index is 1.38. The molecule has 0 amide bonds. The van der Waals surface area contributed by atoms with Crippen LogP contribution in [0.4, 0.5) is 0 Å². The summed E-state index contributed by atoms with van der Waals surface area (Å²) in [7, 11) is 0. The fraction of sp³-hybridized carbons (Fsp3) is 0.333. The largest absolute Gasteiger partial charge is 0.483 e. The smallest absolute Gasteiger partial charge is 0.306 e. The molecule has 0 aliphatic carbocycles. The molecule has 0 saturated carbocycles. The van der Waals surface area contributed by atoms with Crippen molar-refractivity contribution < 1.29 is 28.6 Å². The lowest BCUT2D eigenvalue weighted by Gasteiger charge is -2.17. The lowest BCUT2D eigenvalue weighted by molar-refractivity contribution is -0.146. The van der Waals surface area contributed by atoms with Gasteiger partial charge in [-0.2, -0.15) is 0 Å². The Kier molecular flexibility index (Phi) is 11.3. The highest BCUT2D eigenvalue weighted by Crippen LogP contribution is 2.16. The molecule has 0 bridgehead atoms. The topological polar surface area (TPSA) is 101 Å². The summed E-state index contributed by atoms with van der Waals surface area (Å²) >= 11 is 0. The molecule has 0 unspecified atom stereocenters. The first kappa shape index (κ1) is 28.4. The number of carbonyl (C=O) groups is 3. The predicted octanol–water partition coefficient (Wildman–Crippen LogP) is 4.41. The van der Waals surface area contributed by atoms with Gasteiger partial charge in [0.05, 0.1) is 25.1 Å². The zero-order chi connectivity index (χ0) is 27.2. The average molecular weight is 520 g/mol. The molecule has 1 heterocycles. The van der Waals surface area contributed by atoms with Crippen molar-refractivity contribution in [2.45, 2.75) is 58.8 Å². The van der Waals surface area contributed by atoms with Crippen LogP contribution in [-0.4, -0.2) is 28.9 Å². The highest BCUT2D eigenvalue weighted by molar-refractivity contribution is 5.85. The Morgan fingerprint density at radius 3 is 1.92 bits per heavy atom. The van der Waals surface area contributed by atoms with Crippen molar-refractivity contribution in [3.63, 3.8) is 0 Å². The number of aromatic nitrogens is 1. The van der Waals surface area contributed by atoms with Gasteiger partial charge in [0.1, 0.15) is 25.6 Å². The number of hydrogen-bond donors (Lipinski definition) is 0. The summed E-state index contributed by atoms with van der Waals surface area (Å²) in [4.78, 5) is 48.5. The van der Waals surface area contributed by atoms with Gasteiger partial charge in [0, 0.05) is 25.1 Å². The van der Waals surface area contributed by atoms with Gasteiger partial charge in [-0.25, -0.2) is 0 Å². The number of nitrogens with zero attached hydrogens (tertiary/aromatic N) is 1. The van der Waals surface area contributed by atoms with Crippen LogP contribution in [0.15, 0.2) is 77.7 Å². The van der Waals surface area contributed by atoms with E-state index in [1.165, 1.54) is 6.07 Å². The molecular weight excluding hydrogens is 486 g/mol. The second kappa shape index (κ2) is 15.1. The summed E-state index contributed by atoms with van der Waals surface area (Å²) < 4.78 is 18.1. The molecule has 8 heteroatoms. The number of ether oxygens (including phenoxy) is 3. The minimum absolute atomic E-state index is 0.000500. The second-order valence-electron chi connectivity index (χ2n) is 8.68. The Bertz CT molecular complexity index is 1250. The normalized spacial score (nSPS) is 10.6. The molecule has 0 spiro atoms. The molecule has 1 aromatic heterocycles. The van der Waals surface area contributed by atoms with Crippen LogP contribution < -0.4 is 10.2 Å². The van der Waals surface area contributed by atoms with E-state index in [2.05, 4.69) is 0 Å². The molecular formula is C30H33NO7. The van der Waals surface area contributed by atoms with Crippen LogP contribution in [0.3, 0.4) is 0 Å². The molecule has 3 rings (SSSR count). The number of esters is 2. The predicted molar refractivity (Wildman–Crippen MR) is 142 cm³/mol. The number of carbonyl (C=O) groups excluding carboxylic acids is 3. The first-order valence-electron chi connectivity index (χ1n) is 12.7. The van der Waals surface area contributed by atoms with Gasteiger partial charge in [-0.15, -0.1) is 0 Å². The van der Waals surface area contributed by atoms with Gasteiger partial charge < -0.3 is 18.8 Å². The van der Waals surface area contributed by atoms with Crippen molar-refractivity contribution in [2.24, 2.45) is 0 Å². The van der Waals surface area contributed by atoms with E-state index in [1.807, 2.05) is 72.2 Å². The van der Waals surface area contributed by atoms with E-state index >= 15 is 0 Å². The van der Waals surface area contributed by atoms with E-state index in [4.69, 9.17) is 14.2 Å². The number of benzene rings is 2. The molecule has 0 N–H and O–H groups in total. The van der Waals surface area contributed by atoms with Crippen LogP contribution in [-0.2, 0) is 50.0 Å². The molecule has 3 aromatic rings. The number of hydrogen-bond acceptors (Lipinski definition) is 7. The fourth-order valence-corrected chi connectivity index (χ4v) is 3.80. The van der Waals surface area contributed by atoms with E-state index in [9.17, 15) is 19.2 Å². The Morgan fingerprint density at radius 2 is 1.32 bits per heavy atom. The van der Waals surface area contributed by atoms with E-state index < -0.39 is 11.9 Å². The lowest BCUT2D eigenvalue weighted by Crippen LogP contribution is -2.19. The Labute approximate surface area is 222 Å². The van der Waals surface area contributed by atoms with Crippen LogP contribution in [0.2, 0.25) is 0 Å². The van der Waals surface area contributed by atoms with Crippen molar-refractivity contribution in [1.82, 2.24) is 4.57 Å². The molecule has 0 radical (unpaired) electrons. The standard InChI is InChI=1S/C30H33NO7/c1-2-26-30(38-22-24-11-7-4-8-12-24)27(33)17-18-31(26)19-20-36-28(34)15-13-25(32)14-16-29(35)37-21-23-9-5-3-6-10-23/h3-12,17-18H,2,13-16,19-22H2,1H3. The molecule has 0 aliphatic rings. The van der Waals surface area contributed by atoms with Gasteiger partial charge in [-0.1, -0.05) is 67.6 Å². The molecule has 200 valence electrons. The number of rotatable bonds is 15. The summed E-state index contributed by atoms with van der Waals surface area (Å²) in [6, 6.07) is 20.3. The SMILES string of the molecule is CCc1c(OCc2ccccc2)c(=O)ccn1CCOC(=O)CCC(=O)CCC(=O)OCc1ccccc1. The summed E-state index contributed by atoms with van der Waals surface area (Å²) in [6.45, 7) is 2.80. The average Bonchev–Trinajstić information content (AvgIpc) is 2.94. The zero-order valence-corrected chi connectivity index (χ0v) is 21.6. The number of pyridine rings is 1. The fourth-order valence-electron chi connectivity index (χ4n) is 3.80. The quantitative estimate of drug-likeness (QED) is 0.274. The lowest BCUT2D eigenvalue weighted by atomic mass is 10.1. The van der Waals surface area contributed by atoms with Gasteiger partial charge in [0.15, 0.2) is 5.75 Å². The number of ketones is 1. The van der Waals surface area contributed by atoms with Crippen molar-refractivity contribution in [3.05, 3.63) is 100.0 Å². The van der Waals surface area contributed by atoms with Crippen molar-refractivity contribution in [1.29, 1.82) is 0 Å². The van der Waals surface area contributed by atoms with Crippen molar-refractivity contribution in [3.8, 4) is 5.75 Å². The minimum atomic E-state index is -0.496. The van der Waals surface area contributed by atoms with E-state index in [0.29, 0.717) is 13.0 Å². The van der Waals surface area contributed by atoms with Gasteiger partial charge in [-0.3, -0.25) is 19.2 Å². The summed E-state index contributed by atoms with van der Waals surface area (Å²) in [6.07, 6.45) is 2.15. The molecule has 8 nitrogen and oxygen atoms in total. The Hall–Kier alpha value is -4.20. The third-order valence-corrected chi connectivity index (χ3v) is 5.85. The van der Waals surface area contributed by atoms with Crippen molar-refractivity contribution >= 4 is 17.7 Å². The maximum atomic E-state index is 12.4. The van der Waals surface area contributed by atoms with E-state index in [1.54, 1.807) is 6.20 Å². The summed E-state index contributed by atoms with van der Waals surface area (Å²) in [5.41, 5.74) is 2.35. The molecule has 2 aromatic carbocycles. The Morgan fingerprint density at radius 1 is 0.737 bits per heavy atom. The first-order chi connectivity index (χ1) is 18.5. The minimum Gasteiger partial charge on any atom is -0.483 e. The van der Waals surface area contributed by atoms with Crippen molar-refractivity contribution in [2.75, 3.05) is 6.61 Å². The van der Waals surface area contributed by atoms with Crippen LogP contribution in [0, 0.1) is 0 Å².